The Kier molecular flexibility index (Phi) is 4.16. The van der Waals surface area contributed by atoms with Crippen molar-refractivity contribution in [2.75, 3.05) is 12.3 Å². The summed E-state index contributed by atoms with van der Waals surface area (Å²) in [6.45, 7) is 0.564. The zero-order valence-corrected chi connectivity index (χ0v) is 11.0. The Hall–Kier alpha value is -1.60. The molecule has 0 aliphatic carbocycles. The van der Waals surface area contributed by atoms with Gasteiger partial charge < -0.3 is 16.0 Å². The van der Waals surface area contributed by atoms with Gasteiger partial charge in [-0.05, 0) is 12.5 Å². The fraction of sp³-hybridized carbons (Fsp3) is 0.300. The van der Waals surface area contributed by atoms with Crippen LogP contribution in [0.1, 0.15) is 21.9 Å². The molecule has 96 valence electrons. The second-order valence-corrected chi connectivity index (χ2v) is 5.16. The molecule has 2 rings (SSSR count). The van der Waals surface area contributed by atoms with Crippen molar-refractivity contribution in [1.29, 1.82) is 0 Å². The molecule has 0 atom stereocenters. The third-order valence-electron chi connectivity index (χ3n) is 2.23. The minimum atomic E-state index is -0.168. The first-order valence-corrected chi connectivity index (χ1v) is 6.54. The summed E-state index contributed by atoms with van der Waals surface area (Å²) in [5, 5.41) is 12.3. The van der Waals surface area contributed by atoms with Crippen molar-refractivity contribution in [3.63, 3.8) is 0 Å². The molecule has 1 amide bonds. The van der Waals surface area contributed by atoms with Gasteiger partial charge in [0.25, 0.3) is 5.91 Å². The highest BCUT2D eigenvalue weighted by atomic mass is 35.5. The van der Waals surface area contributed by atoms with Gasteiger partial charge in [0.1, 0.15) is 10.7 Å². The van der Waals surface area contributed by atoms with Crippen LogP contribution < -0.4 is 11.1 Å². The molecule has 2 aromatic rings. The molecule has 0 spiro atoms. The van der Waals surface area contributed by atoms with Crippen LogP contribution in [0.2, 0.25) is 5.02 Å². The van der Waals surface area contributed by atoms with Gasteiger partial charge in [-0.2, -0.15) is 0 Å². The second kappa shape index (κ2) is 5.83. The summed E-state index contributed by atoms with van der Waals surface area (Å²) in [6, 6.07) is 1.59. The lowest BCUT2D eigenvalue weighted by Crippen LogP contribution is -2.25. The van der Waals surface area contributed by atoms with Crippen LogP contribution in [0.15, 0.2) is 12.3 Å². The van der Waals surface area contributed by atoms with E-state index in [2.05, 4.69) is 20.5 Å². The summed E-state index contributed by atoms with van der Waals surface area (Å²) in [6.07, 6.45) is 3.11. The summed E-state index contributed by atoms with van der Waals surface area (Å²) in [4.78, 5) is 14.4. The number of nitrogens with two attached hydrogens (primary N) is 1. The Morgan fingerprint density at radius 1 is 1.56 bits per heavy atom. The SMILES string of the molecule is Nc1nnc(CCCNC(=O)c2cc(Cl)c[nH]2)s1. The predicted molar refractivity (Wildman–Crippen MR) is 70.8 cm³/mol. The molecule has 6 nitrogen and oxygen atoms in total. The molecule has 0 aliphatic heterocycles. The Bertz CT molecular complexity index is 538. The number of nitrogen functional groups attached to an aromatic ring is 1. The maximum Gasteiger partial charge on any atom is 0.267 e. The lowest BCUT2D eigenvalue weighted by atomic mass is 10.3. The van der Waals surface area contributed by atoms with Crippen LogP contribution in [0.3, 0.4) is 0 Å². The van der Waals surface area contributed by atoms with E-state index >= 15 is 0 Å². The number of carbonyl (C=O) groups is 1. The van der Waals surface area contributed by atoms with Gasteiger partial charge in [-0.15, -0.1) is 10.2 Å². The minimum Gasteiger partial charge on any atom is -0.374 e. The Balaban J connectivity index is 1.71. The number of nitrogens with zero attached hydrogens (tertiary/aromatic N) is 2. The summed E-state index contributed by atoms with van der Waals surface area (Å²) in [5.41, 5.74) is 5.93. The lowest BCUT2D eigenvalue weighted by Gasteiger charge is -2.01. The molecule has 0 unspecified atom stereocenters. The van der Waals surface area contributed by atoms with Crippen LogP contribution in [-0.4, -0.2) is 27.6 Å². The van der Waals surface area contributed by atoms with Crippen LogP contribution >= 0.6 is 22.9 Å². The van der Waals surface area contributed by atoms with E-state index in [1.165, 1.54) is 11.3 Å². The minimum absolute atomic E-state index is 0.168. The van der Waals surface area contributed by atoms with Gasteiger partial charge in [0.05, 0.1) is 5.02 Å². The second-order valence-electron chi connectivity index (χ2n) is 3.63. The van der Waals surface area contributed by atoms with Crippen molar-refractivity contribution >= 4 is 34.0 Å². The lowest BCUT2D eigenvalue weighted by molar-refractivity contribution is 0.0949. The molecule has 0 radical (unpaired) electrons. The normalized spacial score (nSPS) is 10.5. The van der Waals surface area contributed by atoms with Gasteiger partial charge in [-0.25, -0.2) is 0 Å². The highest BCUT2D eigenvalue weighted by Crippen LogP contribution is 2.12. The first-order valence-electron chi connectivity index (χ1n) is 5.35. The average Bonchev–Trinajstić information content (AvgIpc) is 2.93. The van der Waals surface area contributed by atoms with Crippen molar-refractivity contribution < 1.29 is 4.79 Å². The van der Waals surface area contributed by atoms with Gasteiger partial charge in [-0.3, -0.25) is 4.79 Å². The Labute approximate surface area is 113 Å². The van der Waals surface area contributed by atoms with Crippen LogP contribution in [0.25, 0.3) is 0 Å². The van der Waals surface area contributed by atoms with Crippen LogP contribution in [-0.2, 0) is 6.42 Å². The van der Waals surface area contributed by atoms with Gasteiger partial charge >= 0.3 is 0 Å². The molecule has 18 heavy (non-hydrogen) atoms. The number of aryl methyl sites for hydroxylation is 1. The number of halogens is 1. The Morgan fingerprint density at radius 2 is 2.39 bits per heavy atom. The average molecular weight is 286 g/mol. The van der Waals surface area contributed by atoms with Crippen molar-refractivity contribution in [1.82, 2.24) is 20.5 Å². The van der Waals surface area contributed by atoms with Crippen LogP contribution in [0, 0.1) is 0 Å². The summed E-state index contributed by atoms with van der Waals surface area (Å²) < 4.78 is 0. The maximum atomic E-state index is 11.6. The third-order valence-corrected chi connectivity index (χ3v) is 3.26. The van der Waals surface area contributed by atoms with E-state index < -0.39 is 0 Å². The quantitative estimate of drug-likeness (QED) is 0.725. The number of aromatic nitrogens is 3. The summed E-state index contributed by atoms with van der Waals surface area (Å²) in [5.74, 6) is -0.168. The number of aromatic amines is 1. The number of nitrogens with one attached hydrogen (secondary N) is 2. The van der Waals surface area contributed by atoms with E-state index in [0.717, 1.165) is 17.8 Å². The van der Waals surface area contributed by atoms with Crippen LogP contribution in [0.5, 0.6) is 0 Å². The fourth-order valence-electron chi connectivity index (χ4n) is 1.40. The van der Waals surface area contributed by atoms with Crippen molar-refractivity contribution in [2.24, 2.45) is 0 Å². The summed E-state index contributed by atoms with van der Waals surface area (Å²) >= 11 is 7.08. The summed E-state index contributed by atoms with van der Waals surface area (Å²) in [7, 11) is 0. The van der Waals surface area contributed by atoms with E-state index in [1.807, 2.05) is 0 Å². The standard InChI is InChI=1S/C10H12ClN5OS/c11-6-4-7(14-5-6)9(17)13-3-1-2-8-15-16-10(12)18-8/h4-5,14H,1-3H2,(H2,12,16)(H,13,17). The first-order chi connectivity index (χ1) is 8.65. The van der Waals surface area contributed by atoms with Crippen LogP contribution in [0.4, 0.5) is 5.13 Å². The molecule has 0 aliphatic rings. The first kappa shape index (κ1) is 12.8. The molecule has 0 bridgehead atoms. The highest BCUT2D eigenvalue weighted by Gasteiger charge is 2.07. The topological polar surface area (TPSA) is 96.7 Å². The zero-order valence-electron chi connectivity index (χ0n) is 9.44. The van der Waals surface area contributed by atoms with E-state index in [4.69, 9.17) is 17.3 Å². The molecule has 0 saturated carbocycles. The van der Waals surface area contributed by atoms with Gasteiger partial charge in [0.2, 0.25) is 5.13 Å². The number of rotatable bonds is 5. The monoisotopic (exact) mass is 285 g/mol. The van der Waals surface area contributed by atoms with Crippen molar-refractivity contribution in [3.8, 4) is 0 Å². The third kappa shape index (κ3) is 3.44. The number of hydrogen-bond acceptors (Lipinski definition) is 5. The molecule has 0 fully saturated rings. The zero-order chi connectivity index (χ0) is 13.0. The predicted octanol–water partition coefficient (Wildman–Crippen LogP) is 1.46. The number of amides is 1. The Morgan fingerprint density at radius 3 is 3.00 bits per heavy atom. The smallest absolute Gasteiger partial charge is 0.267 e. The molecule has 0 aromatic carbocycles. The fourth-order valence-corrected chi connectivity index (χ4v) is 2.22. The molecule has 2 aromatic heterocycles. The highest BCUT2D eigenvalue weighted by molar-refractivity contribution is 7.15. The number of carbonyl (C=O) groups excluding carboxylic acids is 1. The van der Waals surface area contributed by atoms with Gasteiger partial charge in [-0.1, -0.05) is 22.9 Å². The van der Waals surface area contributed by atoms with Gasteiger partial charge in [0.15, 0.2) is 0 Å². The molecular weight excluding hydrogens is 274 g/mol. The molecule has 8 heteroatoms. The van der Waals surface area contributed by atoms with E-state index in [0.29, 0.717) is 22.4 Å². The molecular formula is C10H12ClN5OS. The molecule has 2 heterocycles. The number of H-pyrrole nitrogens is 1. The van der Waals surface area contributed by atoms with Crippen molar-refractivity contribution in [3.05, 3.63) is 28.0 Å². The number of hydrogen-bond donors (Lipinski definition) is 3. The molecule has 4 N–H and O–H groups in total. The molecule has 0 saturated heterocycles. The van der Waals surface area contributed by atoms with E-state index in [-0.39, 0.29) is 5.91 Å². The van der Waals surface area contributed by atoms with Crippen molar-refractivity contribution in [2.45, 2.75) is 12.8 Å². The largest absolute Gasteiger partial charge is 0.374 e. The van der Waals surface area contributed by atoms with Gasteiger partial charge in [0, 0.05) is 19.2 Å². The number of anilines is 1. The maximum absolute atomic E-state index is 11.6. The van der Waals surface area contributed by atoms with E-state index in [1.54, 1.807) is 12.3 Å². The van der Waals surface area contributed by atoms with E-state index in [9.17, 15) is 4.79 Å².